The highest BCUT2D eigenvalue weighted by Gasteiger charge is 2.13. The van der Waals surface area contributed by atoms with Crippen LogP contribution in [0, 0.1) is 17.0 Å². The van der Waals surface area contributed by atoms with E-state index in [0.29, 0.717) is 22.6 Å². The average molecular weight is 287 g/mol. The lowest BCUT2D eigenvalue weighted by Crippen LogP contribution is -2.19. The Morgan fingerprint density at radius 2 is 2.14 bits per heavy atom. The van der Waals surface area contributed by atoms with Crippen molar-refractivity contribution in [2.45, 2.75) is 13.8 Å². The van der Waals surface area contributed by atoms with Gasteiger partial charge in [0.25, 0.3) is 11.6 Å². The number of carbonyl (C=O) groups excluding carboxylic acids is 1. The van der Waals surface area contributed by atoms with E-state index in [1.54, 1.807) is 26.0 Å². The molecule has 1 amide bonds. The van der Waals surface area contributed by atoms with Gasteiger partial charge in [0.2, 0.25) is 0 Å². The van der Waals surface area contributed by atoms with Crippen LogP contribution in [0.2, 0.25) is 0 Å². The van der Waals surface area contributed by atoms with Crippen molar-refractivity contribution in [3.63, 3.8) is 0 Å². The quantitative estimate of drug-likeness (QED) is 0.531. The molecule has 21 heavy (non-hydrogen) atoms. The Balaban J connectivity index is 2.12. The van der Waals surface area contributed by atoms with E-state index in [-0.39, 0.29) is 5.69 Å². The van der Waals surface area contributed by atoms with Gasteiger partial charge in [-0.25, -0.2) is 5.43 Å². The van der Waals surface area contributed by atoms with Crippen molar-refractivity contribution in [1.82, 2.24) is 5.43 Å². The summed E-state index contributed by atoms with van der Waals surface area (Å²) in [5, 5.41) is 14.6. The van der Waals surface area contributed by atoms with Crippen molar-refractivity contribution in [3.8, 4) is 0 Å². The Hall–Kier alpha value is -2.96. The summed E-state index contributed by atoms with van der Waals surface area (Å²) in [6.45, 7) is 3.27. The molecule has 1 aromatic carbocycles. The molecular weight excluding hydrogens is 274 g/mol. The number of rotatable bonds is 4. The maximum absolute atomic E-state index is 11.9. The maximum atomic E-state index is 11.9. The van der Waals surface area contributed by atoms with E-state index in [4.69, 9.17) is 4.42 Å². The van der Waals surface area contributed by atoms with Crippen molar-refractivity contribution >= 4 is 17.3 Å². The molecule has 0 bridgehead atoms. The smallest absolute Gasteiger partial charge is 0.272 e. The molecule has 0 atom stereocenters. The summed E-state index contributed by atoms with van der Waals surface area (Å²) in [4.78, 5) is 22.2. The van der Waals surface area contributed by atoms with Crippen LogP contribution in [0.4, 0.5) is 5.69 Å². The minimum absolute atomic E-state index is 0.0261. The molecule has 0 saturated heterocycles. The highest BCUT2D eigenvalue weighted by molar-refractivity contribution is 5.99. The first kappa shape index (κ1) is 14.4. The zero-order chi connectivity index (χ0) is 15.4. The Morgan fingerprint density at radius 3 is 2.71 bits per heavy atom. The predicted octanol–water partition coefficient (Wildman–Crippen LogP) is 2.65. The molecule has 0 aliphatic rings. The third-order valence-electron chi connectivity index (χ3n) is 2.86. The van der Waals surface area contributed by atoms with E-state index >= 15 is 0 Å². The summed E-state index contributed by atoms with van der Waals surface area (Å²) in [5.74, 6) is 0.106. The van der Waals surface area contributed by atoms with Gasteiger partial charge in [0.05, 0.1) is 11.2 Å². The van der Waals surface area contributed by atoms with Crippen molar-refractivity contribution in [2.24, 2.45) is 5.10 Å². The van der Waals surface area contributed by atoms with Crippen LogP contribution in [0.1, 0.15) is 28.6 Å². The molecule has 0 saturated carbocycles. The topological polar surface area (TPSA) is 97.7 Å². The molecule has 108 valence electrons. The molecular formula is C14H13N3O4. The van der Waals surface area contributed by atoms with Gasteiger partial charge >= 0.3 is 0 Å². The monoisotopic (exact) mass is 287 g/mol. The number of furan rings is 1. The van der Waals surface area contributed by atoms with Crippen molar-refractivity contribution < 1.29 is 14.1 Å². The normalized spacial score (nSPS) is 11.2. The lowest BCUT2D eigenvalue weighted by molar-refractivity contribution is -0.385. The van der Waals surface area contributed by atoms with Gasteiger partial charge in [-0.05, 0) is 38.1 Å². The van der Waals surface area contributed by atoms with Gasteiger partial charge in [-0.1, -0.05) is 0 Å². The van der Waals surface area contributed by atoms with Crippen LogP contribution >= 0.6 is 0 Å². The predicted molar refractivity (Wildman–Crippen MR) is 76.2 cm³/mol. The first-order valence-corrected chi connectivity index (χ1v) is 6.12. The van der Waals surface area contributed by atoms with Gasteiger partial charge in [0.1, 0.15) is 11.5 Å². The molecule has 0 fully saturated rings. The van der Waals surface area contributed by atoms with E-state index in [1.807, 2.05) is 0 Å². The number of nitro benzene ring substituents is 1. The highest BCUT2D eigenvalue weighted by atomic mass is 16.6. The van der Waals surface area contributed by atoms with Crippen molar-refractivity contribution in [2.75, 3.05) is 0 Å². The number of amides is 1. The summed E-state index contributed by atoms with van der Waals surface area (Å²) in [7, 11) is 0. The van der Waals surface area contributed by atoms with Gasteiger partial charge in [-0.2, -0.15) is 5.10 Å². The second-order valence-corrected chi connectivity index (χ2v) is 4.37. The summed E-state index contributed by atoms with van der Waals surface area (Å²) >= 11 is 0. The highest BCUT2D eigenvalue weighted by Crippen LogP contribution is 2.18. The summed E-state index contributed by atoms with van der Waals surface area (Å²) < 4.78 is 5.14. The van der Waals surface area contributed by atoms with Gasteiger partial charge in [0.15, 0.2) is 0 Å². The zero-order valence-corrected chi connectivity index (χ0v) is 11.5. The van der Waals surface area contributed by atoms with Crippen LogP contribution in [-0.4, -0.2) is 16.5 Å². The number of hydrogen-bond acceptors (Lipinski definition) is 5. The lowest BCUT2D eigenvalue weighted by atomic mass is 10.1. The fourth-order valence-corrected chi connectivity index (χ4v) is 1.74. The maximum Gasteiger partial charge on any atom is 0.272 e. The van der Waals surface area contributed by atoms with E-state index in [1.165, 1.54) is 24.5 Å². The lowest BCUT2D eigenvalue weighted by Gasteiger charge is -2.03. The van der Waals surface area contributed by atoms with Gasteiger partial charge < -0.3 is 4.42 Å². The largest absolute Gasteiger partial charge is 0.463 e. The summed E-state index contributed by atoms with van der Waals surface area (Å²) in [6.07, 6.45) is 1.51. The number of hydrogen-bond donors (Lipinski definition) is 1. The van der Waals surface area contributed by atoms with Crippen LogP contribution in [0.3, 0.4) is 0 Å². The molecule has 0 unspecified atom stereocenters. The fourth-order valence-electron chi connectivity index (χ4n) is 1.74. The molecule has 1 N–H and O–H groups in total. The number of aryl methyl sites for hydroxylation is 1. The molecule has 2 aromatic rings. The van der Waals surface area contributed by atoms with Gasteiger partial charge in [-0.15, -0.1) is 0 Å². The molecule has 0 radical (unpaired) electrons. The number of nitrogens with zero attached hydrogens (tertiary/aromatic N) is 2. The van der Waals surface area contributed by atoms with Crippen LogP contribution in [0.25, 0.3) is 0 Å². The summed E-state index contributed by atoms with van der Waals surface area (Å²) in [5.41, 5.74) is 3.59. The van der Waals surface area contributed by atoms with Crippen LogP contribution in [-0.2, 0) is 0 Å². The molecule has 7 heteroatoms. The number of hydrazone groups is 1. The molecule has 7 nitrogen and oxygen atoms in total. The van der Waals surface area contributed by atoms with Crippen molar-refractivity contribution in [3.05, 3.63) is 63.6 Å². The SMILES string of the molecule is CC(=NNC(=O)c1ccc([N+](=O)[O-])c(C)c1)c1ccco1. The Bertz CT molecular complexity index is 705. The third-order valence-corrected chi connectivity index (χ3v) is 2.86. The second-order valence-electron chi connectivity index (χ2n) is 4.37. The second kappa shape index (κ2) is 6.00. The first-order chi connectivity index (χ1) is 9.99. The number of nitrogens with one attached hydrogen (secondary N) is 1. The Morgan fingerprint density at radius 1 is 1.38 bits per heavy atom. The van der Waals surface area contributed by atoms with Crippen molar-refractivity contribution in [1.29, 1.82) is 0 Å². The van der Waals surface area contributed by atoms with E-state index in [0.717, 1.165) is 0 Å². The number of carbonyl (C=O) groups is 1. The molecule has 1 heterocycles. The zero-order valence-electron chi connectivity index (χ0n) is 11.5. The number of benzene rings is 1. The van der Waals surface area contributed by atoms with Crippen LogP contribution < -0.4 is 5.43 Å². The van der Waals surface area contributed by atoms with Gasteiger partial charge in [0, 0.05) is 17.2 Å². The number of nitro groups is 1. The van der Waals surface area contributed by atoms with Gasteiger partial charge in [-0.3, -0.25) is 14.9 Å². The van der Waals surface area contributed by atoms with E-state index in [2.05, 4.69) is 10.5 Å². The third kappa shape index (κ3) is 3.33. The van der Waals surface area contributed by atoms with Crippen LogP contribution in [0.5, 0.6) is 0 Å². The minimum Gasteiger partial charge on any atom is -0.463 e. The Labute approximate surface area is 120 Å². The average Bonchev–Trinajstić information content (AvgIpc) is 2.98. The molecule has 1 aromatic heterocycles. The minimum atomic E-state index is -0.490. The van der Waals surface area contributed by atoms with Crippen LogP contribution in [0.15, 0.2) is 46.1 Å². The van der Waals surface area contributed by atoms with E-state index in [9.17, 15) is 14.9 Å². The molecule has 0 aliphatic heterocycles. The molecule has 2 rings (SSSR count). The first-order valence-electron chi connectivity index (χ1n) is 6.12. The molecule has 0 aliphatic carbocycles. The standard InChI is InChI=1S/C14H13N3O4/c1-9-8-11(5-6-12(9)17(19)20)14(18)16-15-10(2)13-4-3-7-21-13/h3-8H,1-2H3,(H,16,18). The summed E-state index contributed by atoms with van der Waals surface area (Å²) in [6, 6.07) is 7.58. The molecule has 0 spiro atoms. The fraction of sp³-hybridized carbons (Fsp3) is 0.143. The van der Waals surface area contributed by atoms with E-state index < -0.39 is 10.8 Å². The Kier molecular flexibility index (Phi) is 4.13.